The summed E-state index contributed by atoms with van der Waals surface area (Å²) in [6.07, 6.45) is 5.03. The molecule has 1 amide bonds. The molecule has 0 atom stereocenters. The molecule has 3 rings (SSSR count). The standard InChI is InChI=1S/C13H15N3O3/c17-13(18)16-5-2-9(3-6-16)7-12-15-10-1-4-14-8-11(10)19-12/h1,4,8-9H,2-3,5-7H2,(H,17,18). The number of nitrogens with zero attached hydrogens (tertiary/aromatic N) is 3. The number of aromatic nitrogens is 2. The highest BCUT2D eigenvalue weighted by Crippen LogP contribution is 2.23. The summed E-state index contributed by atoms with van der Waals surface area (Å²) >= 11 is 0. The molecule has 1 fully saturated rings. The largest absolute Gasteiger partial charge is 0.465 e. The van der Waals surface area contributed by atoms with E-state index in [1.165, 1.54) is 4.90 Å². The zero-order valence-corrected chi connectivity index (χ0v) is 10.5. The molecule has 1 saturated heterocycles. The van der Waals surface area contributed by atoms with Gasteiger partial charge in [0, 0.05) is 25.7 Å². The van der Waals surface area contributed by atoms with Gasteiger partial charge in [0.15, 0.2) is 11.5 Å². The van der Waals surface area contributed by atoms with Crippen LogP contribution in [0.3, 0.4) is 0 Å². The van der Waals surface area contributed by atoms with E-state index in [0.29, 0.717) is 24.6 Å². The van der Waals surface area contributed by atoms with Crippen LogP contribution in [0.15, 0.2) is 22.9 Å². The lowest BCUT2D eigenvalue weighted by Crippen LogP contribution is -2.37. The molecule has 0 bridgehead atoms. The number of carboxylic acid groups (broad SMARTS) is 1. The van der Waals surface area contributed by atoms with Gasteiger partial charge < -0.3 is 14.4 Å². The zero-order valence-electron chi connectivity index (χ0n) is 10.5. The van der Waals surface area contributed by atoms with Crippen LogP contribution in [0.4, 0.5) is 4.79 Å². The monoisotopic (exact) mass is 261 g/mol. The molecular formula is C13H15N3O3. The number of carbonyl (C=O) groups is 1. The molecule has 0 aromatic carbocycles. The Morgan fingerprint density at radius 2 is 2.26 bits per heavy atom. The number of likely N-dealkylation sites (tertiary alicyclic amines) is 1. The van der Waals surface area contributed by atoms with Crippen molar-refractivity contribution >= 4 is 17.2 Å². The lowest BCUT2D eigenvalue weighted by molar-refractivity contribution is 0.123. The van der Waals surface area contributed by atoms with Crippen molar-refractivity contribution in [3.05, 3.63) is 24.4 Å². The molecule has 1 aliphatic rings. The average molecular weight is 261 g/mol. The summed E-state index contributed by atoms with van der Waals surface area (Å²) in [6, 6.07) is 1.83. The molecule has 100 valence electrons. The Bertz CT molecular complexity index is 555. The van der Waals surface area contributed by atoms with E-state index in [-0.39, 0.29) is 0 Å². The van der Waals surface area contributed by atoms with Crippen LogP contribution in [-0.4, -0.2) is 39.2 Å². The summed E-state index contributed by atoms with van der Waals surface area (Å²) in [5.74, 6) is 1.16. The Labute approximate surface area is 110 Å². The smallest absolute Gasteiger partial charge is 0.407 e. The molecule has 0 aliphatic carbocycles. The fourth-order valence-electron chi connectivity index (χ4n) is 2.49. The van der Waals surface area contributed by atoms with Gasteiger partial charge in [-0.2, -0.15) is 0 Å². The quantitative estimate of drug-likeness (QED) is 0.896. The maximum absolute atomic E-state index is 10.8. The van der Waals surface area contributed by atoms with Crippen molar-refractivity contribution in [3.8, 4) is 0 Å². The Morgan fingerprint density at radius 1 is 1.47 bits per heavy atom. The van der Waals surface area contributed by atoms with Gasteiger partial charge >= 0.3 is 6.09 Å². The zero-order chi connectivity index (χ0) is 13.2. The van der Waals surface area contributed by atoms with Crippen LogP contribution >= 0.6 is 0 Å². The molecule has 1 aliphatic heterocycles. The molecule has 6 nitrogen and oxygen atoms in total. The first-order chi connectivity index (χ1) is 9.22. The Hall–Kier alpha value is -2.11. The van der Waals surface area contributed by atoms with Crippen LogP contribution in [0.1, 0.15) is 18.7 Å². The van der Waals surface area contributed by atoms with E-state index in [4.69, 9.17) is 9.52 Å². The highest BCUT2D eigenvalue weighted by molar-refractivity contribution is 5.70. The fraction of sp³-hybridized carbons (Fsp3) is 0.462. The summed E-state index contributed by atoms with van der Waals surface area (Å²) in [7, 11) is 0. The molecule has 2 aromatic heterocycles. The number of hydrogen-bond donors (Lipinski definition) is 1. The first-order valence-electron chi connectivity index (χ1n) is 6.39. The van der Waals surface area contributed by atoms with E-state index in [1.807, 2.05) is 6.07 Å². The molecule has 6 heteroatoms. The summed E-state index contributed by atoms with van der Waals surface area (Å²) in [6.45, 7) is 1.20. The second kappa shape index (κ2) is 4.87. The van der Waals surface area contributed by atoms with Crippen molar-refractivity contribution in [2.75, 3.05) is 13.1 Å². The molecule has 1 N–H and O–H groups in total. The van der Waals surface area contributed by atoms with Crippen LogP contribution in [-0.2, 0) is 6.42 Å². The second-order valence-electron chi connectivity index (χ2n) is 4.87. The number of rotatable bonds is 2. The van der Waals surface area contributed by atoms with Gasteiger partial charge in [0.25, 0.3) is 0 Å². The summed E-state index contributed by atoms with van der Waals surface area (Å²) in [5.41, 5.74) is 1.54. The predicted molar refractivity (Wildman–Crippen MR) is 67.8 cm³/mol. The predicted octanol–water partition coefficient (Wildman–Crippen LogP) is 2.16. The third kappa shape index (κ3) is 2.52. The van der Waals surface area contributed by atoms with Crippen molar-refractivity contribution in [1.82, 2.24) is 14.9 Å². The van der Waals surface area contributed by atoms with Gasteiger partial charge in [0.1, 0.15) is 5.52 Å². The minimum absolute atomic E-state index is 0.441. The number of fused-ring (bicyclic) bond motifs is 1. The van der Waals surface area contributed by atoms with Crippen molar-refractivity contribution in [3.63, 3.8) is 0 Å². The van der Waals surface area contributed by atoms with E-state index >= 15 is 0 Å². The third-order valence-electron chi connectivity index (χ3n) is 3.58. The normalized spacial score (nSPS) is 16.9. The van der Waals surface area contributed by atoms with Crippen molar-refractivity contribution in [2.45, 2.75) is 19.3 Å². The molecule has 2 aromatic rings. The minimum Gasteiger partial charge on any atom is -0.465 e. The average Bonchev–Trinajstić information content (AvgIpc) is 2.81. The van der Waals surface area contributed by atoms with Crippen LogP contribution in [0, 0.1) is 5.92 Å². The molecular weight excluding hydrogens is 246 g/mol. The van der Waals surface area contributed by atoms with Gasteiger partial charge in [0.2, 0.25) is 0 Å². The highest BCUT2D eigenvalue weighted by Gasteiger charge is 2.23. The van der Waals surface area contributed by atoms with Gasteiger partial charge in [-0.1, -0.05) is 0 Å². The lowest BCUT2D eigenvalue weighted by atomic mass is 9.94. The Kier molecular flexibility index (Phi) is 3.06. The lowest BCUT2D eigenvalue weighted by Gasteiger charge is -2.29. The van der Waals surface area contributed by atoms with Gasteiger partial charge in [-0.05, 0) is 24.8 Å². The van der Waals surface area contributed by atoms with E-state index in [0.717, 1.165) is 30.7 Å². The van der Waals surface area contributed by atoms with E-state index in [9.17, 15) is 4.79 Å². The van der Waals surface area contributed by atoms with Crippen LogP contribution in [0.5, 0.6) is 0 Å². The Balaban J connectivity index is 1.64. The van der Waals surface area contributed by atoms with Crippen molar-refractivity contribution in [2.24, 2.45) is 5.92 Å². The molecule has 0 radical (unpaired) electrons. The van der Waals surface area contributed by atoms with Gasteiger partial charge in [0.05, 0.1) is 6.20 Å². The first kappa shape index (κ1) is 12.0. The highest BCUT2D eigenvalue weighted by atomic mass is 16.4. The molecule has 3 heterocycles. The summed E-state index contributed by atoms with van der Waals surface area (Å²) < 4.78 is 5.64. The minimum atomic E-state index is -0.827. The second-order valence-corrected chi connectivity index (χ2v) is 4.87. The number of amides is 1. The van der Waals surface area contributed by atoms with Crippen molar-refractivity contribution < 1.29 is 14.3 Å². The Morgan fingerprint density at radius 3 is 2.95 bits per heavy atom. The number of oxazole rings is 1. The van der Waals surface area contributed by atoms with Gasteiger partial charge in [-0.3, -0.25) is 4.98 Å². The topological polar surface area (TPSA) is 79.5 Å². The summed E-state index contributed by atoms with van der Waals surface area (Å²) in [5, 5.41) is 8.90. The van der Waals surface area contributed by atoms with E-state index < -0.39 is 6.09 Å². The van der Waals surface area contributed by atoms with E-state index in [1.54, 1.807) is 12.4 Å². The van der Waals surface area contributed by atoms with Crippen LogP contribution < -0.4 is 0 Å². The first-order valence-corrected chi connectivity index (χ1v) is 6.39. The molecule has 19 heavy (non-hydrogen) atoms. The fourth-order valence-corrected chi connectivity index (χ4v) is 2.49. The maximum Gasteiger partial charge on any atom is 0.407 e. The van der Waals surface area contributed by atoms with Gasteiger partial charge in [-0.25, -0.2) is 9.78 Å². The van der Waals surface area contributed by atoms with E-state index in [2.05, 4.69) is 9.97 Å². The molecule has 0 saturated carbocycles. The number of piperidine rings is 1. The van der Waals surface area contributed by atoms with Crippen LogP contribution in [0.2, 0.25) is 0 Å². The SMILES string of the molecule is O=C(O)N1CCC(Cc2nc3ccncc3o2)CC1. The third-order valence-corrected chi connectivity index (χ3v) is 3.58. The summed E-state index contributed by atoms with van der Waals surface area (Å²) in [4.78, 5) is 20.7. The van der Waals surface area contributed by atoms with Crippen LogP contribution in [0.25, 0.3) is 11.1 Å². The number of pyridine rings is 1. The van der Waals surface area contributed by atoms with Crippen molar-refractivity contribution in [1.29, 1.82) is 0 Å². The molecule has 0 spiro atoms. The molecule has 0 unspecified atom stereocenters. The maximum atomic E-state index is 10.8. The van der Waals surface area contributed by atoms with Gasteiger partial charge in [-0.15, -0.1) is 0 Å². The number of hydrogen-bond acceptors (Lipinski definition) is 4.